The summed E-state index contributed by atoms with van der Waals surface area (Å²) < 4.78 is 23.7. The Morgan fingerprint density at radius 2 is 1.74 bits per heavy atom. The second-order valence-electron chi connectivity index (χ2n) is 4.08. The number of methoxy groups -OCH3 is 2. The maximum atomic E-state index is 13.2. The second kappa shape index (κ2) is 5.71. The number of hydrogen-bond donors (Lipinski definition) is 1. The van der Waals surface area contributed by atoms with E-state index in [-0.39, 0.29) is 12.4 Å². The summed E-state index contributed by atoms with van der Waals surface area (Å²) in [6.07, 6.45) is 0. The molecule has 2 N–H and O–H groups in total. The third-order valence-electron chi connectivity index (χ3n) is 2.98. The summed E-state index contributed by atoms with van der Waals surface area (Å²) in [7, 11) is 3.16. The van der Waals surface area contributed by atoms with Gasteiger partial charge in [0.05, 0.1) is 14.2 Å². The number of hydrogen-bond acceptors (Lipinski definition) is 3. The number of rotatable bonds is 4. The minimum absolute atomic E-state index is 0.279. The fraction of sp³-hybridized carbons (Fsp3) is 0.200. The Kier molecular flexibility index (Phi) is 4.02. The maximum Gasteiger partial charge on any atom is 0.161 e. The summed E-state index contributed by atoms with van der Waals surface area (Å²) in [5.74, 6) is 1.000. The van der Waals surface area contributed by atoms with Crippen LogP contribution in [0.3, 0.4) is 0 Å². The van der Waals surface area contributed by atoms with Crippen molar-refractivity contribution in [1.82, 2.24) is 0 Å². The molecule has 0 aliphatic heterocycles. The van der Waals surface area contributed by atoms with E-state index in [0.29, 0.717) is 11.5 Å². The molecule has 0 fully saturated rings. The summed E-state index contributed by atoms with van der Waals surface area (Å²) >= 11 is 0. The van der Waals surface area contributed by atoms with Gasteiger partial charge in [0.2, 0.25) is 0 Å². The van der Waals surface area contributed by atoms with Gasteiger partial charge in [0.1, 0.15) is 5.82 Å². The monoisotopic (exact) mass is 261 g/mol. The molecule has 0 unspecified atom stereocenters. The first-order valence-corrected chi connectivity index (χ1v) is 5.90. The minimum Gasteiger partial charge on any atom is -0.493 e. The molecule has 0 radical (unpaired) electrons. The van der Waals surface area contributed by atoms with Crippen molar-refractivity contribution in [3.8, 4) is 22.6 Å². The largest absolute Gasteiger partial charge is 0.493 e. The first-order valence-electron chi connectivity index (χ1n) is 5.90. The van der Waals surface area contributed by atoms with Crippen molar-refractivity contribution < 1.29 is 13.9 Å². The predicted octanol–water partition coefficient (Wildman–Crippen LogP) is 2.97. The molecule has 0 aromatic heterocycles. The van der Waals surface area contributed by atoms with Crippen molar-refractivity contribution in [2.75, 3.05) is 14.2 Å². The molecule has 2 rings (SSSR count). The van der Waals surface area contributed by atoms with Crippen LogP contribution < -0.4 is 15.2 Å². The standard InChI is InChI=1S/C15H16FNO2/c1-18-14-6-3-10(8-15(14)19-2)13-5-4-12(16)7-11(13)9-17/h3-8H,9,17H2,1-2H3. The quantitative estimate of drug-likeness (QED) is 0.920. The van der Waals surface area contributed by atoms with Crippen LogP contribution in [-0.2, 0) is 6.54 Å². The van der Waals surface area contributed by atoms with E-state index in [2.05, 4.69) is 0 Å². The Morgan fingerprint density at radius 3 is 2.37 bits per heavy atom. The van der Waals surface area contributed by atoms with Gasteiger partial charge in [-0.2, -0.15) is 0 Å². The van der Waals surface area contributed by atoms with Gasteiger partial charge in [-0.1, -0.05) is 12.1 Å². The molecule has 0 saturated heterocycles. The van der Waals surface area contributed by atoms with Crippen LogP contribution in [0.2, 0.25) is 0 Å². The molecule has 2 aromatic carbocycles. The van der Waals surface area contributed by atoms with Crippen molar-refractivity contribution in [1.29, 1.82) is 0 Å². The maximum absolute atomic E-state index is 13.2. The average Bonchev–Trinajstić information content (AvgIpc) is 2.46. The fourth-order valence-corrected chi connectivity index (χ4v) is 2.02. The molecule has 0 aliphatic rings. The van der Waals surface area contributed by atoms with Crippen LogP contribution in [0.1, 0.15) is 5.56 Å². The van der Waals surface area contributed by atoms with Gasteiger partial charge in [-0.25, -0.2) is 4.39 Å². The van der Waals surface area contributed by atoms with Crippen molar-refractivity contribution in [3.63, 3.8) is 0 Å². The minimum atomic E-state index is -0.287. The first-order chi connectivity index (χ1) is 9.19. The van der Waals surface area contributed by atoms with Gasteiger partial charge in [-0.05, 0) is 41.0 Å². The van der Waals surface area contributed by atoms with Gasteiger partial charge in [-0.15, -0.1) is 0 Å². The van der Waals surface area contributed by atoms with E-state index >= 15 is 0 Å². The van der Waals surface area contributed by atoms with E-state index in [1.807, 2.05) is 18.2 Å². The zero-order chi connectivity index (χ0) is 13.8. The summed E-state index contributed by atoms with van der Waals surface area (Å²) in [5.41, 5.74) is 8.23. The Hall–Kier alpha value is -2.07. The molecular formula is C15H16FNO2. The highest BCUT2D eigenvalue weighted by Gasteiger charge is 2.09. The molecule has 0 bridgehead atoms. The van der Waals surface area contributed by atoms with Crippen LogP contribution in [0.4, 0.5) is 4.39 Å². The second-order valence-corrected chi connectivity index (χ2v) is 4.08. The Balaban J connectivity index is 2.53. The lowest BCUT2D eigenvalue weighted by Gasteiger charge is -2.12. The zero-order valence-electron chi connectivity index (χ0n) is 10.9. The zero-order valence-corrected chi connectivity index (χ0v) is 10.9. The van der Waals surface area contributed by atoms with E-state index in [1.165, 1.54) is 12.1 Å². The van der Waals surface area contributed by atoms with Gasteiger partial charge in [0.25, 0.3) is 0 Å². The summed E-state index contributed by atoms with van der Waals surface area (Å²) in [6.45, 7) is 0.279. The molecule has 4 heteroatoms. The number of nitrogens with two attached hydrogens (primary N) is 1. The molecule has 19 heavy (non-hydrogen) atoms. The molecule has 0 spiro atoms. The number of halogens is 1. The fourth-order valence-electron chi connectivity index (χ4n) is 2.02. The lowest BCUT2D eigenvalue weighted by molar-refractivity contribution is 0.355. The van der Waals surface area contributed by atoms with E-state index in [0.717, 1.165) is 16.7 Å². The van der Waals surface area contributed by atoms with E-state index in [4.69, 9.17) is 15.2 Å². The molecule has 0 amide bonds. The van der Waals surface area contributed by atoms with Gasteiger partial charge >= 0.3 is 0 Å². The Labute approximate surface area is 111 Å². The predicted molar refractivity (Wildman–Crippen MR) is 72.8 cm³/mol. The van der Waals surface area contributed by atoms with Crippen LogP contribution in [0, 0.1) is 5.82 Å². The third kappa shape index (κ3) is 2.69. The highest BCUT2D eigenvalue weighted by Crippen LogP contribution is 2.33. The van der Waals surface area contributed by atoms with Crippen LogP contribution in [-0.4, -0.2) is 14.2 Å². The van der Waals surface area contributed by atoms with Crippen molar-refractivity contribution in [2.45, 2.75) is 6.54 Å². The SMILES string of the molecule is COc1ccc(-c2ccc(F)cc2CN)cc1OC. The number of benzene rings is 2. The Bertz CT molecular complexity index is 584. The van der Waals surface area contributed by atoms with Gasteiger partial charge in [0.15, 0.2) is 11.5 Å². The first kappa shape index (κ1) is 13.4. The summed E-state index contributed by atoms with van der Waals surface area (Å²) in [5, 5.41) is 0. The normalized spacial score (nSPS) is 10.3. The molecule has 0 aliphatic carbocycles. The van der Waals surface area contributed by atoms with Crippen molar-refractivity contribution in [2.24, 2.45) is 5.73 Å². The average molecular weight is 261 g/mol. The van der Waals surface area contributed by atoms with Gasteiger partial charge in [-0.3, -0.25) is 0 Å². The number of ether oxygens (including phenoxy) is 2. The van der Waals surface area contributed by atoms with Crippen LogP contribution in [0.25, 0.3) is 11.1 Å². The highest BCUT2D eigenvalue weighted by molar-refractivity contribution is 5.70. The highest BCUT2D eigenvalue weighted by atomic mass is 19.1. The van der Waals surface area contributed by atoms with Gasteiger partial charge < -0.3 is 15.2 Å². The molecule has 100 valence electrons. The van der Waals surface area contributed by atoms with E-state index in [1.54, 1.807) is 20.3 Å². The Morgan fingerprint density at radius 1 is 1.00 bits per heavy atom. The lowest BCUT2D eigenvalue weighted by atomic mass is 9.99. The van der Waals surface area contributed by atoms with E-state index < -0.39 is 0 Å². The summed E-state index contributed by atoms with van der Waals surface area (Å²) in [6, 6.07) is 10.2. The molecule has 3 nitrogen and oxygen atoms in total. The molecule has 0 saturated carbocycles. The summed E-state index contributed by atoms with van der Waals surface area (Å²) in [4.78, 5) is 0. The van der Waals surface area contributed by atoms with E-state index in [9.17, 15) is 4.39 Å². The molecule has 0 atom stereocenters. The topological polar surface area (TPSA) is 44.5 Å². The molecule has 0 heterocycles. The van der Waals surface area contributed by atoms with Crippen LogP contribution in [0.15, 0.2) is 36.4 Å². The molecular weight excluding hydrogens is 245 g/mol. The smallest absolute Gasteiger partial charge is 0.161 e. The van der Waals surface area contributed by atoms with Crippen molar-refractivity contribution >= 4 is 0 Å². The van der Waals surface area contributed by atoms with Crippen molar-refractivity contribution in [3.05, 3.63) is 47.8 Å². The van der Waals surface area contributed by atoms with Crippen LogP contribution in [0.5, 0.6) is 11.5 Å². The third-order valence-corrected chi connectivity index (χ3v) is 2.98. The van der Waals surface area contributed by atoms with Crippen LogP contribution >= 0.6 is 0 Å². The molecule has 2 aromatic rings. The lowest BCUT2D eigenvalue weighted by Crippen LogP contribution is -2.00. The van der Waals surface area contributed by atoms with Gasteiger partial charge in [0, 0.05) is 6.54 Å².